The highest BCUT2D eigenvalue weighted by atomic mass is 16.5. The third kappa shape index (κ3) is 2.09. The Kier molecular flexibility index (Phi) is 3.24. The van der Waals surface area contributed by atoms with E-state index in [4.69, 9.17) is 9.47 Å². The molecule has 0 saturated heterocycles. The Balaban J connectivity index is 2.00. The van der Waals surface area contributed by atoms with Gasteiger partial charge < -0.3 is 14.8 Å². The highest BCUT2D eigenvalue weighted by molar-refractivity contribution is 5.48. The predicted octanol–water partition coefficient (Wildman–Crippen LogP) is 1.38. The van der Waals surface area contributed by atoms with Crippen molar-refractivity contribution in [2.24, 2.45) is 0 Å². The molecule has 1 aliphatic rings. The van der Waals surface area contributed by atoms with Gasteiger partial charge in [0.25, 0.3) is 0 Å². The Morgan fingerprint density at radius 1 is 1.31 bits per heavy atom. The van der Waals surface area contributed by atoms with E-state index >= 15 is 0 Å². The number of methoxy groups -OCH3 is 2. The third-order valence-corrected chi connectivity index (χ3v) is 3.00. The van der Waals surface area contributed by atoms with Crippen molar-refractivity contribution in [2.75, 3.05) is 19.5 Å². The van der Waals surface area contributed by atoms with E-state index in [0.29, 0.717) is 18.0 Å². The lowest BCUT2D eigenvalue weighted by atomic mass is 9.89. The average molecular weight is 223 g/mol. The SMILES string of the molecule is COc1ncnc(NC2CC(OC)C2)c1C. The highest BCUT2D eigenvalue weighted by Gasteiger charge is 2.29. The molecule has 1 N–H and O–H groups in total. The van der Waals surface area contributed by atoms with Gasteiger partial charge in [-0.1, -0.05) is 0 Å². The first-order valence-electron chi connectivity index (χ1n) is 5.39. The Morgan fingerprint density at radius 2 is 2.06 bits per heavy atom. The first kappa shape index (κ1) is 11.1. The van der Waals surface area contributed by atoms with Gasteiger partial charge in [-0.05, 0) is 19.8 Å². The molecule has 16 heavy (non-hydrogen) atoms. The lowest BCUT2D eigenvalue weighted by molar-refractivity contribution is 0.0327. The summed E-state index contributed by atoms with van der Waals surface area (Å²) in [7, 11) is 3.36. The zero-order valence-corrected chi connectivity index (χ0v) is 9.86. The van der Waals surface area contributed by atoms with E-state index in [9.17, 15) is 0 Å². The van der Waals surface area contributed by atoms with Crippen molar-refractivity contribution in [3.8, 4) is 5.88 Å². The van der Waals surface area contributed by atoms with Crippen molar-refractivity contribution in [3.05, 3.63) is 11.9 Å². The lowest BCUT2D eigenvalue weighted by Gasteiger charge is -2.35. The molecule has 1 aromatic heterocycles. The van der Waals surface area contributed by atoms with Gasteiger partial charge in [0.15, 0.2) is 0 Å². The largest absolute Gasteiger partial charge is 0.481 e. The van der Waals surface area contributed by atoms with E-state index < -0.39 is 0 Å². The minimum atomic E-state index is 0.390. The van der Waals surface area contributed by atoms with Crippen molar-refractivity contribution in [2.45, 2.75) is 31.9 Å². The molecule has 0 aliphatic heterocycles. The van der Waals surface area contributed by atoms with E-state index in [2.05, 4.69) is 15.3 Å². The molecule has 1 heterocycles. The maximum absolute atomic E-state index is 5.23. The number of aromatic nitrogens is 2. The van der Waals surface area contributed by atoms with Gasteiger partial charge >= 0.3 is 0 Å². The molecule has 2 rings (SSSR count). The van der Waals surface area contributed by atoms with Crippen molar-refractivity contribution in [1.29, 1.82) is 0 Å². The molecule has 0 amide bonds. The lowest BCUT2D eigenvalue weighted by Crippen LogP contribution is -2.40. The zero-order valence-electron chi connectivity index (χ0n) is 9.86. The predicted molar refractivity (Wildman–Crippen MR) is 60.8 cm³/mol. The third-order valence-electron chi connectivity index (χ3n) is 3.00. The Bertz CT molecular complexity index is 364. The fourth-order valence-corrected chi connectivity index (χ4v) is 1.85. The van der Waals surface area contributed by atoms with Crippen LogP contribution < -0.4 is 10.1 Å². The van der Waals surface area contributed by atoms with E-state index in [1.807, 2.05) is 6.92 Å². The summed E-state index contributed by atoms with van der Waals surface area (Å²) in [6, 6.07) is 0.447. The molecule has 0 radical (unpaired) electrons. The molecule has 0 bridgehead atoms. The van der Waals surface area contributed by atoms with Gasteiger partial charge in [-0.3, -0.25) is 0 Å². The number of rotatable bonds is 4. The quantitative estimate of drug-likeness (QED) is 0.835. The van der Waals surface area contributed by atoms with Crippen molar-refractivity contribution >= 4 is 5.82 Å². The zero-order chi connectivity index (χ0) is 11.5. The summed E-state index contributed by atoms with van der Waals surface area (Å²) in [6.07, 6.45) is 3.96. The molecule has 0 aromatic carbocycles. The van der Waals surface area contributed by atoms with Crippen LogP contribution in [-0.2, 0) is 4.74 Å². The van der Waals surface area contributed by atoms with Crippen LogP contribution >= 0.6 is 0 Å². The van der Waals surface area contributed by atoms with E-state index in [-0.39, 0.29) is 0 Å². The maximum atomic E-state index is 5.23. The van der Waals surface area contributed by atoms with Gasteiger partial charge in [0, 0.05) is 13.2 Å². The molecule has 5 heteroatoms. The highest BCUT2D eigenvalue weighted by Crippen LogP contribution is 2.28. The summed E-state index contributed by atoms with van der Waals surface area (Å²) in [6.45, 7) is 1.95. The molecule has 1 aliphatic carbocycles. The number of nitrogens with zero attached hydrogens (tertiary/aromatic N) is 2. The normalized spacial score (nSPS) is 23.7. The second kappa shape index (κ2) is 4.65. The van der Waals surface area contributed by atoms with Crippen LogP contribution in [0.15, 0.2) is 6.33 Å². The van der Waals surface area contributed by atoms with Gasteiger partial charge in [-0.25, -0.2) is 9.97 Å². The molecule has 5 nitrogen and oxygen atoms in total. The van der Waals surface area contributed by atoms with Crippen LogP contribution in [0.25, 0.3) is 0 Å². The molecule has 0 unspecified atom stereocenters. The smallest absolute Gasteiger partial charge is 0.221 e. The molecule has 1 saturated carbocycles. The molecular weight excluding hydrogens is 206 g/mol. The summed E-state index contributed by atoms with van der Waals surface area (Å²) in [5.41, 5.74) is 0.950. The van der Waals surface area contributed by atoms with E-state index in [1.165, 1.54) is 6.33 Å². The van der Waals surface area contributed by atoms with Crippen LogP contribution in [0.1, 0.15) is 18.4 Å². The van der Waals surface area contributed by atoms with Gasteiger partial charge in [-0.15, -0.1) is 0 Å². The summed E-state index contributed by atoms with van der Waals surface area (Å²) in [5.74, 6) is 1.48. The number of hydrogen-bond donors (Lipinski definition) is 1. The fraction of sp³-hybridized carbons (Fsp3) is 0.636. The Hall–Kier alpha value is -1.36. The van der Waals surface area contributed by atoms with Crippen LogP contribution in [0.5, 0.6) is 5.88 Å². The number of ether oxygens (including phenoxy) is 2. The minimum Gasteiger partial charge on any atom is -0.481 e. The van der Waals surface area contributed by atoms with E-state index in [1.54, 1.807) is 14.2 Å². The van der Waals surface area contributed by atoms with Crippen LogP contribution in [0.2, 0.25) is 0 Å². The first-order chi connectivity index (χ1) is 7.74. The standard InChI is InChI=1S/C11H17N3O2/c1-7-10(12-6-13-11(7)16-3)14-8-4-9(5-8)15-2/h6,8-9H,4-5H2,1-3H3,(H,12,13,14). The Morgan fingerprint density at radius 3 is 2.69 bits per heavy atom. The molecule has 88 valence electrons. The van der Waals surface area contributed by atoms with Gasteiger partial charge in [-0.2, -0.15) is 0 Å². The van der Waals surface area contributed by atoms with Crippen molar-refractivity contribution in [3.63, 3.8) is 0 Å². The summed E-state index contributed by atoms with van der Waals surface area (Å²) in [4.78, 5) is 8.26. The van der Waals surface area contributed by atoms with E-state index in [0.717, 1.165) is 24.2 Å². The van der Waals surface area contributed by atoms with Gasteiger partial charge in [0.1, 0.15) is 12.1 Å². The first-order valence-corrected chi connectivity index (χ1v) is 5.39. The van der Waals surface area contributed by atoms with Crippen molar-refractivity contribution < 1.29 is 9.47 Å². The average Bonchev–Trinajstić information content (AvgIpc) is 2.25. The van der Waals surface area contributed by atoms with Crippen LogP contribution in [0.3, 0.4) is 0 Å². The molecule has 0 spiro atoms. The summed E-state index contributed by atoms with van der Waals surface area (Å²) in [5, 5.41) is 3.37. The topological polar surface area (TPSA) is 56.3 Å². The monoisotopic (exact) mass is 223 g/mol. The second-order valence-electron chi connectivity index (χ2n) is 4.03. The Labute approximate surface area is 95.2 Å². The molecule has 1 fully saturated rings. The molecule has 0 atom stereocenters. The summed E-state index contributed by atoms with van der Waals surface area (Å²) >= 11 is 0. The summed E-state index contributed by atoms with van der Waals surface area (Å²) < 4.78 is 10.4. The van der Waals surface area contributed by atoms with Crippen LogP contribution in [0, 0.1) is 6.92 Å². The second-order valence-corrected chi connectivity index (χ2v) is 4.03. The van der Waals surface area contributed by atoms with Crippen LogP contribution in [0.4, 0.5) is 5.82 Å². The number of hydrogen-bond acceptors (Lipinski definition) is 5. The van der Waals surface area contributed by atoms with Gasteiger partial charge in [0.05, 0.1) is 18.8 Å². The fourth-order valence-electron chi connectivity index (χ4n) is 1.85. The maximum Gasteiger partial charge on any atom is 0.221 e. The van der Waals surface area contributed by atoms with Crippen molar-refractivity contribution in [1.82, 2.24) is 9.97 Å². The van der Waals surface area contributed by atoms with Crippen LogP contribution in [-0.4, -0.2) is 36.3 Å². The minimum absolute atomic E-state index is 0.390. The number of nitrogens with one attached hydrogen (secondary N) is 1. The van der Waals surface area contributed by atoms with Gasteiger partial charge in [0.2, 0.25) is 5.88 Å². The molecular formula is C11H17N3O2. The number of anilines is 1. The molecule has 1 aromatic rings.